The average Bonchev–Trinajstić information content (AvgIpc) is 1.60. The van der Waals surface area contributed by atoms with Gasteiger partial charge in [-0.3, -0.25) is 27.8 Å². The van der Waals surface area contributed by atoms with Gasteiger partial charge < -0.3 is 20.2 Å². The maximum absolute atomic E-state index is 13.7. The van der Waals surface area contributed by atoms with Crippen LogP contribution in [-0.2, 0) is 78.3 Å². The molecular weight excluding hydrogens is 1320 g/mol. The van der Waals surface area contributed by atoms with Crippen LogP contribution in [0.3, 0.4) is 0 Å². The van der Waals surface area contributed by atoms with Crippen molar-refractivity contribution >= 4 is 108 Å². The molecule has 20 nitrogen and oxygen atoms in total. The number of carbonyl (C=O) groups is 2. The van der Waals surface area contributed by atoms with Gasteiger partial charge in [-0.25, -0.2) is 0 Å². The van der Waals surface area contributed by atoms with Gasteiger partial charge in [-0.05, 0) is 152 Å². The topological polar surface area (TPSA) is 296 Å². The molecule has 0 fully saturated rings. The van der Waals surface area contributed by atoms with E-state index < -0.39 is 79.6 Å². The van der Waals surface area contributed by atoms with Crippen molar-refractivity contribution in [3.8, 4) is 0 Å². The predicted molar refractivity (Wildman–Crippen MR) is 380 cm³/mol. The van der Waals surface area contributed by atoms with Gasteiger partial charge in [0.1, 0.15) is 13.1 Å². The highest BCUT2D eigenvalue weighted by Crippen LogP contribution is 2.52. The molecule has 4 aliphatic heterocycles. The molecule has 6 aromatic rings. The SMILES string of the molecule is CC1(C)C(/C=C/C=C2/N(CCCCCC(=O)O)c3ccc(S(=O)(=O)O)cc3C2(C)C)=[N+](CCCS(=O)(=O)O)c2ccc(CNC(=O)CCCCCN3/C(=C/C=C/C4=[N+](CCCS(=O)(=O)O)c5ccc6cc(S(=O)(=O)O)ccc6c5C4(C)C)C(C)(C)c4c3ccc3ccccc43)cc21. The first-order valence-corrected chi connectivity index (χ1v) is 38.8. The Kier molecular flexibility index (Phi) is 20.5. The number of carbonyl (C=O) groups excluding carboxylic acids is 1. The third kappa shape index (κ3) is 15.3. The first kappa shape index (κ1) is 72.1. The normalized spacial score (nSPS) is 18.0. The maximum atomic E-state index is 13.7. The molecule has 0 spiro atoms. The molecule has 24 heteroatoms. The van der Waals surface area contributed by atoms with Gasteiger partial charge in [-0.1, -0.05) is 95.2 Å². The number of amides is 1. The zero-order valence-electron chi connectivity index (χ0n) is 56.0. The quantitative estimate of drug-likeness (QED) is 0.0151. The van der Waals surface area contributed by atoms with Crippen LogP contribution in [0.25, 0.3) is 21.5 Å². The van der Waals surface area contributed by atoms with Crippen molar-refractivity contribution in [1.82, 2.24) is 5.32 Å². The minimum atomic E-state index is -4.51. The van der Waals surface area contributed by atoms with E-state index >= 15 is 0 Å². The van der Waals surface area contributed by atoms with Gasteiger partial charge in [0.2, 0.25) is 17.3 Å². The summed E-state index contributed by atoms with van der Waals surface area (Å²) in [7, 11) is -17.5. The van der Waals surface area contributed by atoms with Crippen LogP contribution in [0, 0.1) is 0 Å². The first-order chi connectivity index (χ1) is 45.4. The summed E-state index contributed by atoms with van der Waals surface area (Å²) in [6.07, 6.45) is 16.6. The number of carboxylic acid groups (broad SMARTS) is 1. The summed E-state index contributed by atoms with van der Waals surface area (Å²) in [5.41, 5.74) is 9.27. The van der Waals surface area contributed by atoms with Crippen molar-refractivity contribution < 1.29 is 75.7 Å². The van der Waals surface area contributed by atoms with Crippen LogP contribution in [0.15, 0.2) is 161 Å². The van der Waals surface area contributed by atoms with E-state index in [1.165, 1.54) is 29.8 Å². The Morgan fingerprint density at radius 3 is 1.64 bits per heavy atom. The van der Waals surface area contributed by atoms with Crippen LogP contribution in [0.4, 0.5) is 22.7 Å². The van der Waals surface area contributed by atoms with Crippen LogP contribution < -0.4 is 15.1 Å². The van der Waals surface area contributed by atoms with Gasteiger partial charge in [0.15, 0.2) is 11.4 Å². The molecule has 0 bridgehead atoms. The number of hydrogen-bond donors (Lipinski definition) is 6. The Morgan fingerprint density at radius 2 is 1.02 bits per heavy atom. The molecule has 0 unspecified atom stereocenters. The van der Waals surface area contributed by atoms with E-state index in [9.17, 15) is 66.6 Å². The summed E-state index contributed by atoms with van der Waals surface area (Å²) in [5.74, 6) is -1.85. The number of carboxylic acids is 1. The lowest BCUT2D eigenvalue weighted by Gasteiger charge is -2.27. The smallest absolute Gasteiger partial charge is 0.303 e. The molecule has 0 atom stereocenters. The number of nitrogens with one attached hydrogen (secondary N) is 1. The minimum absolute atomic E-state index is 0.0457. The molecule has 6 N–H and O–H groups in total. The van der Waals surface area contributed by atoms with Crippen LogP contribution in [0.1, 0.15) is 147 Å². The average molecular weight is 1400 g/mol. The zero-order chi connectivity index (χ0) is 70.4. The number of nitrogens with zero attached hydrogens (tertiary/aromatic N) is 4. The summed E-state index contributed by atoms with van der Waals surface area (Å²) in [4.78, 5) is 29.0. The molecule has 97 heavy (non-hydrogen) atoms. The van der Waals surface area contributed by atoms with Gasteiger partial charge in [0.25, 0.3) is 40.5 Å². The summed E-state index contributed by atoms with van der Waals surface area (Å²) in [6, 6.07) is 31.3. The van der Waals surface area contributed by atoms with Crippen LogP contribution in [0.2, 0.25) is 0 Å². The molecule has 0 aromatic heterocycles. The standard InChI is InChI=1S/C73H85N5O15S4/c1-70(2)56-45-49(29-35-58(56)76(41-19-43-94(82,83)84)62(70)23-17-24-63-71(3,4)57-47-53(97(91,92)93)33-38-59(57)75(63)39-16-10-12-28-67(80)81)48-74-66(79)27-11-9-15-40-77-60-36-30-50-21-13-14-22-54(50)68(60)72(5,6)64(77)25-18-26-65-73(7,8)69-55-34-32-52(96(88,89)90)46-51(55)31-37-61(69)78(65)42-20-44-95(85,86)87/h13-14,17-18,21-26,29-38,45-47H,9-12,15-16,19-20,27-28,39-44,48H2,1-8H3,(H4-2,74,79,80,81,82,83,84,85,86,87,88,89,90,91,92,93)/p+2. The minimum Gasteiger partial charge on any atom is -0.481 e. The van der Waals surface area contributed by atoms with Crippen LogP contribution in [-0.4, -0.2) is 127 Å². The fourth-order valence-electron chi connectivity index (χ4n) is 14.9. The molecule has 0 aliphatic carbocycles. The van der Waals surface area contributed by atoms with E-state index in [4.69, 9.17) is 0 Å². The van der Waals surface area contributed by atoms with Gasteiger partial charge in [0.05, 0.1) is 32.1 Å². The van der Waals surface area contributed by atoms with Gasteiger partial charge in [-0.2, -0.15) is 42.8 Å². The number of hydrogen-bond acceptors (Lipinski definition) is 12. The molecule has 4 heterocycles. The Labute approximate surface area is 569 Å². The van der Waals surface area contributed by atoms with E-state index in [0.29, 0.717) is 56.1 Å². The predicted octanol–water partition coefficient (Wildman–Crippen LogP) is 12.8. The summed E-state index contributed by atoms with van der Waals surface area (Å²) < 4.78 is 140. The largest absolute Gasteiger partial charge is 0.481 e. The highest BCUT2D eigenvalue weighted by molar-refractivity contribution is 7.86. The third-order valence-corrected chi connectivity index (χ3v) is 22.9. The second-order valence-electron chi connectivity index (χ2n) is 27.8. The fourth-order valence-corrected chi connectivity index (χ4v) is 16.9. The van der Waals surface area contributed by atoms with E-state index in [1.54, 1.807) is 18.2 Å². The van der Waals surface area contributed by atoms with E-state index in [0.717, 1.165) is 91.3 Å². The van der Waals surface area contributed by atoms with Gasteiger partial charge in [0, 0.05) is 114 Å². The Balaban J connectivity index is 0.839. The molecule has 10 rings (SSSR count). The Bertz CT molecular complexity index is 4850. The molecule has 1 amide bonds. The number of unbranched alkanes of at least 4 members (excludes halogenated alkanes) is 4. The third-order valence-electron chi connectivity index (χ3n) is 19.6. The number of rotatable bonds is 28. The number of anilines is 2. The monoisotopic (exact) mass is 1400 g/mol. The second-order valence-corrected chi connectivity index (χ2v) is 33.8. The van der Waals surface area contributed by atoms with Crippen molar-refractivity contribution in [3.63, 3.8) is 0 Å². The summed E-state index contributed by atoms with van der Waals surface area (Å²) in [5, 5.41) is 16.0. The lowest BCUT2D eigenvalue weighted by Crippen LogP contribution is -2.29. The first-order valence-electron chi connectivity index (χ1n) is 32.7. The van der Waals surface area contributed by atoms with Crippen molar-refractivity contribution in [3.05, 3.63) is 179 Å². The molecule has 0 saturated carbocycles. The number of fused-ring (bicyclic) bond motifs is 8. The summed E-state index contributed by atoms with van der Waals surface area (Å²) >= 11 is 0. The molecule has 0 saturated heterocycles. The number of allylic oxidation sites excluding steroid dienone is 8. The Morgan fingerprint density at radius 1 is 0.495 bits per heavy atom. The highest BCUT2D eigenvalue weighted by Gasteiger charge is 2.48. The second kappa shape index (κ2) is 27.6. The Hall–Kier alpha value is -7.68. The van der Waals surface area contributed by atoms with E-state index in [1.807, 2.05) is 79.1 Å². The van der Waals surface area contributed by atoms with E-state index in [-0.39, 0.29) is 54.6 Å². The highest BCUT2D eigenvalue weighted by atomic mass is 32.2. The van der Waals surface area contributed by atoms with Gasteiger partial charge in [-0.15, -0.1) is 0 Å². The van der Waals surface area contributed by atoms with Crippen molar-refractivity contribution in [1.29, 1.82) is 0 Å². The van der Waals surface area contributed by atoms with Crippen molar-refractivity contribution in [2.45, 2.75) is 158 Å². The van der Waals surface area contributed by atoms with Gasteiger partial charge >= 0.3 is 5.97 Å². The molecular formula is C73H87N5O15S4+2. The lowest BCUT2D eigenvalue weighted by molar-refractivity contribution is -0.437. The van der Waals surface area contributed by atoms with Crippen molar-refractivity contribution in [2.75, 3.05) is 47.5 Å². The van der Waals surface area contributed by atoms with Crippen molar-refractivity contribution in [2.24, 2.45) is 0 Å². The van der Waals surface area contributed by atoms with Crippen LogP contribution in [0.5, 0.6) is 0 Å². The maximum Gasteiger partial charge on any atom is 0.303 e. The molecule has 4 aliphatic rings. The lowest BCUT2D eigenvalue weighted by atomic mass is 9.79. The zero-order valence-corrected chi connectivity index (χ0v) is 59.3. The van der Waals surface area contributed by atoms with Crippen LogP contribution >= 0.6 is 0 Å². The molecule has 516 valence electrons. The number of benzene rings is 6. The van der Waals surface area contributed by atoms with E-state index in [2.05, 4.69) is 97.6 Å². The molecule has 6 aromatic carbocycles. The fraction of sp³-hybridized carbons (Fsp3) is 0.397. The summed E-state index contributed by atoms with van der Waals surface area (Å²) in [6.45, 7) is 18.6. The number of aliphatic carboxylic acids is 1. The molecule has 0 radical (unpaired) electrons.